The van der Waals surface area contributed by atoms with Crippen LogP contribution in [0.25, 0.3) is 0 Å². The van der Waals surface area contributed by atoms with Crippen LogP contribution in [-0.2, 0) is 0 Å². The van der Waals surface area contributed by atoms with E-state index in [1.54, 1.807) is 0 Å². The normalized spacial score (nSPS) is 10.7. The van der Waals surface area contributed by atoms with Crippen molar-refractivity contribution in [2.75, 3.05) is 19.6 Å². The first-order valence-corrected chi connectivity index (χ1v) is 5.68. The molecule has 0 aliphatic carbocycles. The third kappa shape index (κ3) is 8.04. The molecule has 78 valence electrons. The lowest BCUT2D eigenvalue weighted by molar-refractivity contribution is 0.270. The van der Waals surface area contributed by atoms with Crippen molar-refractivity contribution in [1.29, 1.82) is 0 Å². The largest absolute Gasteiger partial charge is 0.303 e. The van der Waals surface area contributed by atoms with E-state index in [9.17, 15) is 0 Å². The van der Waals surface area contributed by atoms with E-state index < -0.39 is 0 Å². The van der Waals surface area contributed by atoms with E-state index in [-0.39, 0.29) is 0 Å². The average Bonchev–Trinajstić information content (AvgIpc) is 2.17. The summed E-state index contributed by atoms with van der Waals surface area (Å²) in [4.78, 5) is 2.56. The van der Waals surface area contributed by atoms with Crippen molar-refractivity contribution in [1.82, 2.24) is 4.90 Å². The van der Waals surface area contributed by atoms with Crippen LogP contribution in [0.2, 0.25) is 0 Å². The molecule has 0 amide bonds. The Hall–Kier alpha value is -0.300. The first-order valence-electron chi connectivity index (χ1n) is 5.68. The Morgan fingerprint density at radius 2 is 1.54 bits per heavy atom. The lowest BCUT2D eigenvalue weighted by atomic mass is 10.2. The van der Waals surface area contributed by atoms with E-state index in [2.05, 4.69) is 25.3 Å². The second kappa shape index (κ2) is 9.79. The summed E-state index contributed by atoms with van der Waals surface area (Å²) in [6.45, 7) is 12.0. The van der Waals surface area contributed by atoms with Gasteiger partial charge in [-0.1, -0.05) is 32.8 Å². The van der Waals surface area contributed by atoms with E-state index in [0.29, 0.717) is 0 Å². The first-order chi connectivity index (χ1) is 6.35. The molecule has 0 radical (unpaired) electrons. The molecule has 0 aliphatic heterocycles. The smallest absolute Gasteiger partial charge is 0.00158 e. The summed E-state index contributed by atoms with van der Waals surface area (Å²) < 4.78 is 0. The Labute approximate surface area is 83.8 Å². The molecule has 1 nitrogen and oxygen atoms in total. The van der Waals surface area contributed by atoms with Crippen LogP contribution < -0.4 is 0 Å². The van der Waals surface area contributed by atoms with Crippen molar-refractivity contribution in [2.45, 2.75) is 46.0 Å². The van der Waals surface area contributed by atoms with E-state index in [0.717, 1.165) is 6.42 Å². The third-order valence-electron chi connectivity index (χ3n) is 2.31. The zero-order valence-electron chi connectivity index (χ0n) is 9.39. The third-order valence-corrected chi connectivity index (χ3v) is 2.31. The quantitative estimate of drug-likeness (QED) is 0.495. The van der Waals surface area contributed by atoms with Crippen LogP contribution in [0.3, 0.4) is 0 Å². The van der Waals surface area contributed by atoms with Gasteiger partial charge in [-0.2, -0.15) is 0 Å². The molecule has 0 aromatic carbocycles. The van der Waals surface area contributed by atoms with Crippen LogP contribution in [-0.4, -0.2) is 24.5 Å². The van der Waals surface area contributed by atoms with Crippen molar-refractivity contribution in [2.24, 2.45) is 0 Å². The molecule has 0 aromatic heterocycles. The van der Waals surface area contributed by atoms with Gasteiger partial charge in [-0.15, -0.1) is 6.58 Å². The van der Waals surface area contributed by atoms with E-state index in [1.807, 2.05) is 6.08 Å². The molecule has 1 heteroatoms. The van der Waals surface area contributed by atoms with Crippen molar-refractivity contribution in [3.63, 3.8) is 0 Å². The molecule has 0 aliphatic rings. The second-order valence-corrected chi connectivity index (χ2v) is 3.63. The molecule has 0 saturated heterocycles. The minimum Gasteiger partial charge on any atom is -0.303 e. The fourth-order valence-corrected chi connectivity index (χ4v) is 1.37. The Morgan fingerprint density at radius 1 is 1.00 bits per heavy atom. The standard InChI is InChI=1S/C12H25N/c1-4-7-10-13(11-8-5-2)12-9-6-3/h4H,1,5-12H2,2-3H3. The molecule has 0 N–H and O–H groups in total. The monoisotopic (exact) mass is 183 g/mol. The van der Waals surface area contributed by atoms with Crippen molar-refractivity contribution in [3.05, 3.63) is 12.7 Å². The highest BCUT2D eigenvalue weighted by Crippen LogP contribution is 2.00. The molecule has 0 aromatic rings. The van der Waals surface area contributed by atoms with Crippen molar-refractivity contribution >= 4 is 0 Å². The summed E-state index contributed by atoms with van der Waals surface area (Å²) in [5.74, 6) is 0. The molecule has 0 atom stereocenters. The van der Waals surface area contributed by atoms with Gasteiger partial charge in [0, 0.05) is 6.54 Å². The van der Waals surface area contributed by atoms with Gasteiger partial charge in [0.2, 0.25) is 0 Å². The highest BCUT2D eigenvalue weighted by Gasteiger charge is 2.01. The topological polar surface area (TPSA) is 3.24 Å². The Balaban J connectivity index is 3.52. The predicted molar refractivity (Wildman–Crippen MR) is 61.1 cm³/mol. The Bertz CT molecular complexity index is 102. The van der Waals surface area contributed by atoms with Crippen LogP contribution in [0, 0.1) is 0 Å². The van der Waals surface area contributed by atoms with Crippen LogP contribution in [0.1, 0.15) is 46.0 Å². The Morgan fingerprint density at radius 3 is 1.92 bits per heavy atom. The van der Waals surface area contributed by atoms with Crippen LogP contribution in [0.5, 0.6) is 0 Å². The van der Waals surface area contributed by atoms with Gasteiger partial charge in [0.1, 0.15) is 0 Å². The minimum absolute atomic E-state index is 1.13. The maximum Gasteiger partial charge on any atom is 0.00158 e. The Kier molecular flexibility index (Phi) is 9.56. The number of unbranched alkanes of at least 4 members (excludes halogenated alkanes) is 2. The van der Waals surface area contributed by atoms with Gasteiger partial charge in [0.05, 0.1) is 0 Å². The SMILES string of the molecule is C=CCCN(CCCC)CCCC. The average molecular weight is 183 g/mol. The summed E-state index contributed by atoms with van der Waals surface area (Å²) in [6, 6.07) is 0. The second-order valence-electron chi connectivity index (χ2n) is 3.63. The molecule has 0 fully saturated rings. The van der Waals surface area contributed by atoms with E-state index in [1.165, 1.54) is 45.3 Å². The van der Waals surface area contributed by atoms with Crippen LogP contribution >= 0.6 is 0 Å². The first kappa shape index (κ1) is 12.7. The molecule has 0 spiro atoms. The number of hydrogen-bond donors (Lipinski definition) is 0. The minimum atomic E-state index is 1.13. The maximum atomic E-state index is 3.77. The zero-order chi connectivity index (χ0) is 9.94. The number of hydrogen-bond acceptors (Lipinski definition) is 1. The van der Waals surface area contributed by atoms with Crippen LogP contribution in [0.15, 0.2) is 12.7 Å². The lowest BCUT2D eigenvalue weighted by Gasteiger charge is -2.20. The van der Waals surface area contributed by atoms with Crippen LogP contribution in [0.4, 0.5) is 0 Å². The number of nitrogens with zero attached hydrogens (tertiary/aromatic N) is 1. The van der Waals surface area contributed by atoms with Gasteiger partial charge >= 0.3 is 0 Å². The van der Waals surface area contributed by atoms with Gasteiger partial charge in [-0.3, -0.25) is 0 Å². The van der Waals surface area contributed by atoms with Crippen molar-refractivity contribution < 1.29 is 0 Å². The van der Waals surface area contributed by atoms with Gasteiger partial charge in [0.25, 0.3) is 0 Å². The molecule has 0 saturated carbocycles. The summed E-state index contributed by atoms with van der Waals surface area (Å²) in [5, 5.41) is 0. The highest BCUT2D eigenvalue weighted by atomic mass is 15.1. The van der Waals surface area contributed by atoms with Gasteiger partial charge in [0.15, 0.2) is 0 Å². The maximum absolute atomic E-state index is 3.77. The summed E-state index contributed by atoms with van der Waals surface area (Å²) in [6.07, 6.45) is 8.42. The fraction of sp³-hybridized carbons (Fsp3) is 0.833. The fourth-order valence-electron chi connectivity index (χ4n) is 1.37. The van der Waals surface area contributed by atoms with Gasteiger partial charge in [-0.05, 0) is 32.4 Å². The number of rotatable bonds is 9. The predicted octanol–water partition coefficient (Wildman–Crippen LogP) is 3.46. The highest BCUT2D eigenvalue weighted by molar-refractivity contribution is 4.69. The van der Waals surface area contributed by atoms with E-state index in [4.69, 9.17) is 0 Å². The summed E-state index contributed by atoms with van der Waals surface area (Å²) in [5.41, 5.74) is 0. The molecular formula is C12H25N. The molecule has 0 unspecified atom stereocenters. The van der Waals surface area contributed by atoms with Crippen molar-refractivity contribution in [3.8, 4) is 0 Å². The molecule has 0 heterocycles. The lowest BCUT2D eigenvalue weighted by Crippen LogP contribution is -2.26. The molecule has 0 rings (SSSR count). The zero-order valence-corrected chi connectivity index (χ0v) is 9.39. The molecule has 0 bridgehead atoms. The molecular weight excluding hydrogens is 158 g/mol. The molecule has 13 heavy (non-hydrogen) atoms. The van der Waals surface area contributed by atoms with Gasteiger partial charge < -0.3 is 4.90 Å². The van der Waals surface area contributed by atoms with Gasteiger partial charge in [-0.25, -0.2) is 0 Å². The summed E-state index contributed by atoms with van der Waals surface area (Å²) >= 11 is 0. The summed E-state index contributed by atoms with van der Waals surface area (Å²) in [7, 11) is 0. The van der Waals surface area contributed by atoms with E-state index >= 15 is 0 Å².